The quantitative estimate of drug-likeness (QED) is 0.768. The zero-order chi connectivity index (χ0) is 9.80. The van der Waals surface area contributed by atoms with Gasteiger partial charge in [-0.25, -0.2) is 0 Å². The number of likely N-dealkylation sites (tertiary alicyclic amines) is 1. The molecule has 1 N–H and O–H groups in total. The van der Waals surface area contributed by atoms with Crippen LogP contribution in [-0.2, 0) is 0 Å². The van der Waals surface area contributed by atoms with Crippen LogP contribution in [0.25, 0.3) is 0 Å². The molecule has 2 aliphatic rings. The Hall–Kier alpha value is 0.270. The summed E-state index contributed by atoms with van der Waals surface area (Å²) < 4.78 is 0. The maximum Gasteiger partial charge on any atom is 0.0187 e. The standard InChI is InChI=1S/C11H22N2S/c1-2-14-11-5-8-13(9-11)10-3-6-12-7-4-10/h10-12H,2-9H2,1H3. The summed E-state index contributed by atoms with van der Waals surface area (Å²) in [5.74, 6) is 1.28. The molecule has 2 fully saturated rings. The maximum absolute atomic E-state index is 3.44. The second-order valence-corrected chi connectivity index (χ2v) is 5.92. The van der Waals surface area contributed by atoms with Crippen molar-refractivity contribution in [1.82, 2.24) is 10.2 Å². The topological polar surface area (TPSA) is 15.3 Å². The molecule has 3 heteroatoms. The second-order valence-electron chi connectivity index (χ2n) is 4.34. The van der Waals surface area contributed by atoms with E-state index in [0.717, 1.165) is 11.3 Å². The Balaban J connectivity index is 1.76. The molecule has 14 heavy (non-hydrogen) atoms. The van der Waals surface area contributed by atoms with Gasteiger partial charge in [0, 0.05) is 17.8 Å². The summed E-state index contributed by atoms with van der Waals surface area (Å²) in [5.41, 5.74) is 0. The van der Waals surface area contributed by atoms with E-state index in [1.54, 1.807) is 0 Å². The van der Waals surface area contributed by atoms with Crippen LogP contribution in [0.2, 0.25) is 0 Å². The first-order valence-corrected chi connectivity index (χ1v) is 7.01. The van der Waals surface area contributed by atoms with Gasteiger partial charge < -0.3 is 5.32 Å². The molecule has 0 spiro atoms. The van der Waals surface area contributed by atoms with Crippen molar-refractivity contribution in [1.29, 1.82) is 0 Å². The van der Waals surface area contributed by atoms with Crippen LogP contribution in [0.3, 0.4) is 0 Å². The summed E-state index contributed by atoms with van der Waals surface area (Å²) in [5, 5.41) is 4.37. The first-order valence-electron chi connectivity index (χ1n) is 5.96. The number of piperidine rings is 1. The van der Waals surface area contributed by atoms with Crippen molar-refractivity contribution in [3.63, 3.8) is 0 Å². The van der Waals surface area contributed by atoms with Crippen molar-refractivity contribution in [2.45, 2.75) is 37.5 Å². The molecule has 2 aliphatic heterocycles. The molecule has 1 atom stereocenters. The Kier molecular flexibility index (Phi) is 4.14. The highest BCUT2D eigenvalue weighted by Crippen LogP contribution is 2.26. The van der Waals surface area contributed by atoms with Crippen molar-refractivity contribution in [3.8, 4) is 0 Å². The molecule has 0 aromatic heterocycles. The van der Waals surface area contributed by atoms with Gasteiger partial charge in [0.25, 0.3) is 0 Å². The molecule has 0 aromatic carbocycles. The number of nitrogens with zero attached hydrogens (tertiary/aromatic N) is 1. The minimum absolute atomic E-state index is 0.888. The number of thioether (sulfide) groups is 1. The van der Waals surface area contributed by atoms with Gasteiger partial charge in [0.2, 0.25) is 0 Å². The van der Waals surface area contributed by atoms with E-state index in [9.17, 15) is 0 Å². The number of rotatable bonds is 3. The largest absolute Gasteiger partial charge is 0.317 e. The molecule has 2 nitrogen and oxygen atoms in total. The third-order valence-corrected chi connectivity index (χ3v) is 4.59. The van der Waals surface area contributed by atoms with Crippen molar-refractivity contribution >= 4 is 11.8 Å². The summed E-state index contributed by atoms with van der Waals surface area (Å²) in [6.07, 6.45) is 4.15. The molecule has 0 saturated carbocycles. The van der Waals surface area contributed by atoms with E-state index in [-0.39, 0.29) is 0 Å². The van der Waals surface area contributed by atoms with Crippen molar-refractivity contribution < 1.29 is 0 Å². The molecule has 0 radical (unpaired) electrons. The predicted molar refractivity (Wildman–Crippen MR) is 64.0 cm³/mol. The van der Waals surface area contributed by atoms with Gasteiger partial charge in [-0.1, -0.05) is 6.92 Å². The van der Waals surface area contributed by atoms with E-state index in [0.29, 0.717) is 0 Å². The Morgan fingerprint density at radius 3 is 2.79 bits per heavy atom. The van der Waals surface area contributed by atoms with E-state index in [4.69, 9.17) is 0 Å². The fraction of sp³-hybridized carbons (Fsp3) is 1.00. The van der Waals surface area contributed by atoms with E-state index in [1.165, 1.54) is 51.2 Å². The lowest BCUT2D eigenvalue weighted by atomic mass is 10.1. The summed E-state index contributed by atoms with van der Waals surface area (Å²) in [7, 11) is 0. The molecular weight excluding hydrogens is 192 g/mol. The minimum atomic E-state index is 0.888. The number of nitrogens with one attached hydrogen (secondary N) is 1. The van der Waals surface area contributed by atoms with Crippen LogP contribution in [0.1, 0.15) is 26.2 Å². The number of hydrogen-bond donors (Lipinski definition) is 1. The third-order valence-electron chi connectivity index (χ3n) is 3.40. The zero-order valence-corrected chi connectivity index (χ0v) is 9.98. The molecule has 0 amide bonds. The highest BCUT2D eigenvalue weighted by atomic mass is 32.2. The lowest BCUT2D eigenvalue weighted by Gasteiger charge is -2.31. The molecular formula is C11H22N2S. The SMILES string of the molecule is CCSC1CCN(C2CCNCC2)C1. The fourth-order valence-corrected chi connectivity index (χ4v) is 3.67. The van der Waals surface area contributed by atoms with Gasteiger partial charge >= 0.3 is 0 Å². The smallest absolute Gasteiger partial charge is 0.0187 e. The van der Waals surface area contributed by atoms with Crippen molar-refractivity contribution in [2.24, 2.45) is 0 Å². The molecule has 0 aromatic rings. The molecule has 0 aliphatic carbocycles. The van der Waals surface area contributed by atoms with Gasteiger partial charge in [-0.3, -0.25) is 4.90 Å². The van der Waals surface area contributed by atoms with E-state index < -0.39 is 0 Å². The van der Waals surface area contributed by atoms with Crippen LogP contribution in [-0.4, -0.2) is 48.1 Å². The van der Waals surface area contributed by atoms with Crippen molar-refractivity contribution in [2.75, 3.05) is 31.9 Å². The Labute approximate surface area is 91.8 Å². The summed E-state index contributed by atoms with van der Waals surface area (Å²) in [6.45, 7) is 7.43. The Bertz CT molecular complexity index is 169. The van der Waals surface area contributed by atoms with Gasteiger partial charge in [-0.05, 0) is 44.6 Å². The maximum atomic E-state index is 3.44. The molecule has 2 rings (SSSR count). The monoisotopic (exact) mass is 214 g/mol. The van der Waals surface area contributed by atoms with E-state index >= 15 is 0 Å². The predicted octanol–water partition coefficient (Wildman–Crippen LogP) is 1.57. The van der Waals surface area contributed by atoms with Gasteiger partial charge in [0.15, 0.2) is 0 Å². The van der Waals surface area contributed by atoms with Crippen LogP contribution < -0.4 is 5.32 Å². The average Bonchev–Trinajstić information content (AvgIpc) is 2.68. The van der Waals surface area contributed by atoms with Crippen molar-refractivity contribution in [3.05, 3.63) is 0 Å². The molecule has 82 valence electrons. The van der Waals surface area contributed by atoms with Gasteiger partial charge in [-0.2, -0.15) is 11.8 Å². The first kappa shape index (κ1) is 10.8. The normalized spacial score (nSPS) is 31.1. The Morgan fingerprint density at radius 1 is 1.29 bits per heavy atom. The molecule has 0 bridgehead atoms. The minimum Gasteiger partial charge on any atom is -0.317 e. The van der Waals surface area contributed by atoms with Gasteiger partial charge in [0.1, 0.15) is 0 Å². The summed E-state index contributed by atoms with van der Waals surface area (Å²) in [6, 6.07) is 0.888. The van der Waals surface area contributed by atoms with Crippen LogP contribution in [0.5, 0.6) is 0 Å². The van der Waals surface area contributed by atoms with Crippen LogP contribution in [0.15, 0.2) is 0 Å². The highest BCUT2D eigenvalue weighted by Gasteiger charge is 2.28. The number of hydrogen-bond acceptors (Lipinski definition) is 3. The second kappa shape index (κ2) is 5.38. The first-order chi connectivity index (χ1) is 6.90. The van der Waals surface area contributed by atoms with E-state index in [1.807, 2.05) is 0 Å². The average molecular weight is 214 g/mol. The lowest BCUT2D eigenvalue weighted by molar-refractivity contribution is 0.199. The third kappa shape index (κ3) is 2.65. The molecule has 2 heterocycles. The van der Waals surface area contributed by atoms with E-state index in [2.05, 4.69) is 28.9 Å². The molecule has 2 saturated heterocycles. The van der Waals surface area contributed by atoms with Crippen LogP contribution in [0, 0.1) is 0 Å². The molecule has 1 unspecified atom stereocenters. The fourth-order valence-electron chi connectivity index (χ4n) is 2.63. The van der Waals surface area contributed by atoms with Crippen LogP contribution >= 0.6 is 11.8 Å². The van der Waals surface area contributed by atoms with Gasteiger partial charge in [-0.15, -0.1) is 0 Å². The zero-order valence-electron chi connectivity index (χ0n) is 9.17. The lowest BCUT2D eigenvalue weighted by Crippen LogP contribution is -2.42. The summed E-state index contributed by atoms with van der Waals surface area (Å²) >= 11 is 2.15. The highest BCUT2D eigenvalue weighted by molar-refractivity contribution is 7.99. The van der Waals surface area contributed by atoms with Crippen LogP contribution in [0.4, 0.5) is 0 Å². The van der Waals surface area contributed by atoms with Gasteiger partial charge in [0.05, 0.1) is 0 Å². The Morgan fingerprint density at radius 2 is 2.07 bits per heavy atom. The summed E-state index contributed by atoms with van der Waals surface area (Å²) in [4.78, 5) is 2.73.